The summed E-state index contributed by atoms with van der Waals surface area (Å²) in [6, 6.07) is 19.7. The van der Waals surface area contributed by atoms with E-state index < -0.39 is 0 Å². The number of ketones is 1. The van der Waals surface area contributed by atoms with Gasteiger partial charge in [0.15, 0.2) is 5.78 Å². The molecule has 182 valence electrons. The van der Waals surface area contributed by atoms with E-state index in [0.717, 1.165) is 50.9 Å². The number of piperidine rings is 1. The molecule has 1 aliphatic heterocycles. The van der Waals surface area contributed by atoms with Crippen LogP contribution in [0.3, 0.4) is 0 Å². The van der Waals surface area contributed by atoms with Gasteiger partial charge >= 0.3 is 0 Å². The smallest absolute Gasteiger partial charge is 0.193 e. The third-order valence-electron chi connectivity index (χ3n) is 7.02. The number of rotatable bonds is 6. The van der Waals surface area contributed by atoms with Gasteiger partial charge in [0.2, 0.25) is 0 Å². The van der Waals surface area contributed by atoms with Crippen molar-refractivity contribution in [2.75, 3.05) is 26.2 Å². The highest BCUT2D eigenvalue weighted by molar-refractivity contribution is 7.26. The summed E-state index contributed by atoms with van der Waals surface area (Å²) in [7, 11) is 0. The molecular formula is C30H27NO4S. The number of carbonyl (C=O) groups is 1. The van der Waals surface area contributed by atoms with Gasteiger partial charge in [-0.15, -0.1) is 11.3 Å². The maximum absolute atomic E-state index is 13.7. The molecule has 36 heavy (non-hydrogen) atoms. The predicted octanol–water partition coefficient (Wildman–Crippen LogP) is 6.71. The van der Waals surface area contributed by atoms with E-state index in [0.29, 0.717) is 23.1 Å². The molecule has 0 unspecified atom stereocenters. The number of carbonyl (C=O) groups excluding carboxylic acids is 1. The van der Waals surface area contributed by atoms with Crippen molar-refractivity contribution < 1.29 is 19.7 Å². The lowest BCUT2D eigenvalue weighted by Gasteiger charge is -2.26. The number of likely N-dealkylation sites (tertiary alicyclic amines) is 1. The lowest BCUT2D eigenvalue weighted by atomic mass is 9.94. The highest BCUT2D eigenvalue weighted by Gasteiger charge is 2.19. The van der Waals surface area contributed by atoms with Gasteiger partial charge in [0.1, 0.15) is 23.9 Å². The summed E-state index contributed by atoms with van der Waals surface area (Å²) in [5, 5.41) is 23.8. The summed E-state index contributed by atoms with van der Waals surface area (Å²) in [5.41, 5.74) is 1.11. The van der Waals surface area contributed by atoms with Crippen molar-refractivity contribution in [3.05, 3.63) is 77.9 Å². The number of hydrogen-bond donors (Lipinski definition) is 2. The van der Waals surface area contributed by atoms with E-state index in [1.807, 2.05) is 30.3 Å². The number of hydrogen-bond acceptors (Lipinski definition) is 6. The Labute approximate surface area is 213 Å². The Morgan fingerprint density at radius 2 is 1.53 bits per heavy atom. The highest BCUT2D eigenvalue weighted by atomic mass is 32.1. The minimum atomic E-state index is -0.104. The van der Waals surface area contributed by atoms with Crippen molar-refractivity contribution in [3.8, 4) is 17.2 Å². The summed E-state index contributed by atoms with van der Waals surface area (Å²) in [6.07, 6.45) is 3.85. The molecule has 0 saturated carbocycles. The highest BCUT2D eigenvalue weighted by Crippen LogP contribution is 2.42. The zero-order valence-electron chi connectivity index (χ0n) is 19.9. The van der Waals surface area contributed by atoms with Gasteiger partial charge in [-0.3, -0.25) is 9.69 Å². The number of aromatic hydroxyl groups is 2. The Balaban J connectivity index is 1.32. The molecule has 2 N–H and O–H groups in total. The van der Waals surface area contributed by atoms with E-state index in [1.54, 1.807) is 47.7 Å². The Kier molecular flexibility index (Phi) is 5.99. The van der Waals surface area contributed by atoms with Crippen LogP contribution in [0, 0.1) is 0 Å². The van der Waals surface area contributed by atoms with Gasteiger partial charge in [0, 0.05) is 37.8 Å². The third kappa shape index (κ3) is 4.27. The van der Waals surface area contributed by atoms with E-state index in [1.165, 1.54) is 19.3 Å². The van der Waals surface area contributed by atoms with Crippen LogP contribution in [-0.2, 0) is 0 Å². The van der Waals surface area contributed by atoms with Gasteiger partial charge in [0.05, 0.1) is 0 Å². The topological polar surface area (TPSA) is 70.0 Å². The normalized spacial score (nSPS) is 14.6. The molecule has 1 saturated heterocycles. The Morgan fingerprint density at radius 1 is 0.806 bits per heavy atom. The number of thiophene rings is 1. The first-order valence-electron chi connectivity index (χ1n) is 12.4. The van der Waals surface area contributed by atoms with Crippen molar-refractivity contribution in [1.82, 2.24) is 4.90 Å². The molecule has 0 aliphatic carbocycles. The molecule has 2 heterocycles. The molecule has 0 radical (unpaired) electrons. The van der Waals surface area contributed by atoms with Gasteiger partial charge in [-0.2, -0.15) is 0 Å². The molecule has 0 bridgehead atoms. The van der Waals surface area contributed by atoms with Crippen LogP contribution in [0.1, 0.15) is 35.2 Å². The predicted molar refractivity (Wildman–Crippen MR) is 146 cm³/mol. The summed E-state index contributed by atoms with van der Waals surface area (Å²) >= 11 is 1.55. The standard InChI is InChI=1S/C30H27NO4S/c32-20-6-10-23-25(16-20)26(18-28-29(23)24-11-7-21(33)17-27(24)36-28)30(34)19-4-8-22(9-5-19)35-15-14-31-12-2-1-3-13-31/h4-11,16-18,32-33H,1-3,12-15H2. The number of nitrogens with zero attached hydrogens (tertiary/aromatic N) is 1. The molecule has 0 atom stereocenters. The van der Waals surface area contributed by atoms with Gasteiger partial charge in [-0.1, -0.05) is 12.5 Å². The first-order chi connectivity index (χ1) is 17.6. The first-order valence-corrected chi connectivity index (χ1v) is 13.2. The summed E-state index contributed by atoms with van der Waals surface area (Å²) in [6.45, 7) is 3.84. The van der Waals surface area contributed by atoms with Crippen LogP contribution in [0.2, 0.25) is 0 Å². The van der Waals surface area contributed by atoms with Crippen LogP contribution < -0.4 is 4.74 Å². The fourth-order valence-corrected chi connectivity index (χ4v) is 6.38. The van der Waals surface area contributed by atoms with Crippen molar-refractivity contribution in [1.29, 1.82) is 0 Å². The van der Waals surface area contributed by atoms with Crippen LogP contribution in [0.15, 0.2) is 66.7 Å². The molecule has 1 aliphatic rings. The molecule has 4 aromatic carbocycles. The second-order valence-electron chi connectivity index (χ2n) is 9.41. The third-order valence-corrected chi connectivity index (χ3v) is 8.12. The van der Waals surface area contributed by atoms with Gasteiger partial charge in [-0.05, 0) is 97.4 Å². The largest absolute Gasteiger partial charge is 0.508 e. The summed E-state index contributed by atoms with van der Waals surface area (Å²) in [5.74, 6) is 0.981. The van der Waals surface area contributed by atoms with Crippen molar-refractivity contribution in [3.63, 3.8) is 0 Å². The molecule has 0 spiro atoms. The Bertz CT molecular complexity index is 1580. The SMILES string of the molecule is O=C(c1ccc(OCCN2CCCCC2)cc1)c1cc2sc3cc(O)ccc3c2c2ccc(O)cc12. The van der Waals surface area contributed by atoms with E-state index in [2.05, 4.69) is 4.90 Å². The molecule has 1 aromatic heterocycles. The van der Waals surface area contributed by atoms with Crippen LogP contribution in [0.5, 0.6) is 17.2 Å². The molecule has 6 rings (SSSR count). The maximum Gasteiger partial charge on any atom is 0.193 e. The monoisotopic (exact) mass is 497 g/mol. The molecule has 5 nitrogen and oxygen atoms in total. The average Bonchev–Trinajstić information content (AvgIpc) is 3.26. The Morgan fingerprint density at radius 3 is 2.31 bits per heavy atom. The molecule has 6 heteroatoms. The van der Waals surface area contributed by atoms with Crippen LogP contribution >= 0.6 is 11.3 Å². The summed E-state index contributed by atoms with van der Waals surface area (Å²) in [4.78, 5) is 16.1. The second kappa shape index (κ2) is 9.45. The average molecular weight is 498 g/mol. The molecule has 1 fully saturated rings. The lowest BCUT2D eigenvalue weighted by Crippen LogP contribution is -2.33. The molecule has 0 amide bonds. The van der Waals surface area contributed by atoms with E-state index in [-0.39, 0.29) is 17.3 Å². The van der Waals surface area contributed by atoms with E-state index in [4.69, 9.17) is 4.74 Å². The van der Waals surface area contributed by atoms with Crippen LogP contribution in [0.25, 0.3) is 30.9 Å². The first kappa shape index (κ1) is 22.8. The number of phenols is 2. The van der Waals surface area contributed by atoms with Crippen molar-refractivity contribution in [2.24, 2.45) is 0 Å². The minimum Gasteiger partial charge on any atom is -0.508 e. The molecular weight excluding hydrogens is 470 g/mol. The minimum absolute atomic E-state index is 0.104. The van der Waals surface area contributed by atoms with E-state index >= 15 is 0 Å². The fraction of sp³-hybridized carbons (Fsp3) is 0.233. The van der Waals surface area contributed by atoms with Crippen molar-refractivity contribution >= 4 is 48.1 Å². The van der Waals surface area contributed by atoms with Crippen LogP contribution in [0.4, 0.5) is 0 Å². The van der Waals surface area contributed by atoms with Gasteiger partial charge in [-0.25, -0.2) is 0 Å². The van der Waals surface area contributed by atoms with E-state index in [9.17, 15) is 15.0 Å². The molecule has 5 aromatic rings. The zero-order chi connectivity index (χ0) is 24.6. The lowest BCUT2D eigenvalue weighted by molar-refractivity contribution is 0.104. The number of phenolic OH excluding ortho intramolecular Hbond substituents is 2. The van der Waals surface area contributed by atoms with Gasteiger partial charge < -0.3 is 14.9 Å². The Hall–Kier alpha value is -3.61. The number of fused-ring (bicyclic) bond motifs is 5. The zero-order valence-corrected chi connectivity index (χ0v) is 20.7. The fourth-order valence-electron chi connectivity index (χ4n) is 5.19. The summed E-state index contributed by atoms with van der Waals surface area (Å²) < 4.78 is 7.85. The maximum atomic E-state index is 13.7. The number of benzene rings is 4. The van der Waals surface area contributed by atoms with Crippen molar-refractivity contribution in [2.45, 2.75) is 19.3 Å². The number of ether oxygens (including phenoxy) is 1. The second-order valence-corrected chi connectivity index (χ2v) is 10.5. The quantitative estimate of drug-likeness (QED) is 0.255. The van der Waals surface area contributed by atoms with Crippen LogP contribution in [-0.4, -0.2) is 47.1 Å². The van der Waals surface area contributed by atoms with Gasteiger partial charge in [0.25, 0.3) is 0 Å².